The number of esters is 1. The van der Waals surface area contributed by atoms with E-state index < -0.39 is 6.04 Å². The molecule has 0 fully saturated rings. The first kappa shape index (κ1) is 17.6. The SMILES string of the molecule is CCOC(=O)CC(NC(=O)c1nccc2ccccc12)c1ccccc1. The van der Waals surface area contributed by atoms with E-state index in [1.807, 2.05) is 60.7 Å². The number of ether oxygens (including phenoxy) is 1. The Hall–Kier alpha value is -3.21. The van der Waals surface area contributed by atoms with Gasteiger partial charge in [0.2, 0.25) is 0 Å². The number of nitrogens with one attached hydrogen (secondary N) is 1. The van der Waals surface area contributed by atoms with E-state index in [4.69, 9.17) is 4.74 Å². The largest absolute Gasteiger partial charge is 0.466 e. The molecule has 1 heterocycles. The van der Waals surface area contributed by atoms with E-state index in [1.54, 1.807) is 13.1 Å². The average Bonchev–Trinajstić information content (AvgIpc) is 2.68. The van der Waals surface area contributed by atoms with Crippen LogP contribution in [0.1, 0.15) is 35.4 Å². The standard InChI is InChI=1S/C21H20N2O3/c1-2-26-19(24)14-18(16-9-4-3-5-10-16)23-21(25)20-17-11-7-6-8-15(17)12-13-22-20/h3-13,18H,2,14H2,1H3,(H,23,25). The van der Waals surface area contributed by atoms with Gasteiger partial charge in [0.1, 0.15) is 5.69 Å². The Balaban J connectivity index is 1.88. The Labute approximate surface area is 152 Å². The molecule has 5 nitrogen and oxygen atoms in total. The molecule has 0 aliphatic carbocycles. The molecule has 0 aliphatic rings. The van der Waals surface area contributed by atoms with Gasteiger partial charge in [-0.3, -0.25) is 14.6 Å². The first-order valence-electron chi connectivity index (χ1n) is 8.54. The van der Waals surface area contributed by atoms with Gasteiger partial charge < -0.3 is 10.1 Å². The molecular weight excluding hydrogens is 328 g/mol. The van der Waals surface area contributed by atoms with E-state index in [0.29, 0.717) is 12.3 Å². The molecule has 26 heavy (non-hydrogen) atoms. The summed E-state index contributed by atoms with van der Waals surface area (Å²) in [5.74, 6) is -0.674. The molecular formula is C21H20N2O3. The minimum absolute atomic E-state index is 0.0638. The van der Waals surface area contributed by atoms with E-state index in [-0.39, 0.29) is 18.3 Å². The van der Waals surface area contributed by atoms with Crippen molar-refractivity contribution in [3.05, 3.63) is 78.1 Å². The lowest BCUT2D eigenvalue weighted by molar-refractivity contribution is -0.143. The molecule has 1 atom stereocenters. The first-order valence-corrected chi connectivity index (χ1v) is 8.54. The smallest absolute Gasteiger partial charge is 0.308 e. The van der Waals surface area contributed by atoms with Crippen molar-refractivity contribution in [2.75, 3.05) is 6.61 Å². The Morgan fingerprint density at radius 1 is 1.04 bits per heavy atom. The van der Waals surface area contributed by atoms with Crippen LogP contribution in [0, 0.1) is 0 Å². The zero-order valence-electron chi connectivity index (χ0n) is 14.5. The lowest BCUT2D eigenvalue weighted by atomic mass is 10.0. The van der Waals surface area contributed by atoms with Crippen LogP contribution in [0.15, 0.2) is 66.9 Å². The molecule has 1 amide bonds. The van der Waals surface area contributed by atoms with Gasteiger partial charge in [0, 0.05) is 11.6 Å². The quantitative estimate of drug-likeness (QED) is 0.690. The number of amides is 1. The monoisotopic (exact) mass is 348 g/mol. The third kappa shape index (κ3) is 4.06. The molecule has 0 aliphatic heterocycles. The Morgan fingerprint density at radius 2 is 1.77 bits per heavy atom. The van der Waals surface area contributed by atoms with Crippen molar-refractivity contribution in [2.24, 2.45) is 0 Å². The first-order chi connectivity index (χ1) is 12.7. The van der Waals surface area contributed by atoms with Crippen LogP contribution in [0.3, 0.4) is 0 Å². The van der Waals surface area contributed by atoms with Gasteiger partial charge >= 0.3 is 5.97 Å². The number of hydrogen-bond donors (Lipinski definition) is 1. The summed E-state index contributed by atoms with van der Waals surface area (Å²) in [6.07, 6.45) is 1.68. The maximum absolute atomic E-state index is 12.9. The highest BCUT2D eigenvalue weighted by atomic mass is 16.5. The lowest BCUT2D eigenvalue weighted by Gasteiger charge is -2.18. The van der Waals surface area contributed by atoms with Crippen LogP contribution in [-0.2, 0) is 9.53 Å². The predicted octanol–water partition coefficient (Wildman–Crippen LogP) is 3.66. The zero-order chi connectivity index (χ0) is 18.4. The van der Waals surface area contributed by atoms with E-state index in [1.165, 1.54) is 0 Å². The van der Waals surface area contributed by atoms with Crippen molar-refractivity contribution in [2.45, 2.75) is 19.4 Å². The van der Waals surface area contributed by atoms with Gasteiger partial charge in [0.25, 0.3) is 5.91 Å². The third-order valence-corrected chi connectivity index (χ3v) is 4.07. The number of benzene rings is 2. The molecule has 2 aromatic carbocycles. The van der Waals surface area contributed by atoms with E-state index >= 15 is 0 Å². The summed E-state index contributed by atoms with van der Waals surface area (Å²) in [5, 5.41) is 4.64. The van der Waals surface area contributed by atoms with Crippen molar-refractivity contribution >= 4 is 22.6 Å². The van der Waals surface area contributed by atoms with Gasteiger partial charge in [-0.15, -0.1) is 0 Å². The molecule has 1 aromatic heterocycles. The van der Waals surface area contributed by atoms with Crippen LogP contribution in [0.2, 0.25) is 0 Å². The molecule has 1 unspecified atom stereocenters. The second kappa shape index (κ2) is 8.25. The number of rotatable bonds is 6. The second-order valence-corrected chi connectivity index (χ2v) is 5.83. The minimum atomic E-state index is -0.483. The van der Waals surface area contributed by atoms with Gasteiger partial charge in [-0.05, 0) is 23.9 Å². The summed E-state index contributed by atoms with van der Waals surface area (Å²) < 4.78 is 5.05. The summed E-state index contributed by atoms with van der Waals surface area (Å²) in [6, 6.07) is 18.3. The average molecular weight is 348 g/mol. The van der Waals surface area contributed by atoms with Gasteiger partial charge in [0.15, 0.2) is 0 Å². The summed E-state index contributed by atoms with van der Waals surface area (Å²) in [6.45, 7) is 2.06. The van der Waals surface area contributed by atoms with Crippen molar-refractivity contribution < 1.29 is 14.3 Å². The van der Waals surface area contributed by atoms with Crippen LogP contribution in [0.4, 0.5) is 0 Å². The lowest BCUT2D eigenvalue weighted by Crippen LogP contribution is -2.31. The Bertz CT molecular complexity index is 904. The molecule has 0 radical (unpaired) electrons. The van der Waals surface area contributed by atoms with Crippen LogP contribution in [0.25, 0.3) is 10.8 Å². The molecule has 3 rings (SSSR count). The van der Waals surface area contributed by atoms with Gasteiger partial charge in [-0.2, -0.15) is 0 Å². The maximum Gasteiger partial charge on any atom is 0.308 e. The van der Waals surface area contributed by atoms with Crippen molar-refractivity contribution in [3.8, 4) is 0 Å². The van der Waals surface area contributed by atoms with Crippen LogP contribution in [0.5, 0.6) is 0 Å². The molecule has 0 saturated carbocycles. The molecule has 0 bridgehead atoms. The van der Waals surface area contributed by atoms with Gasteiger partial charge in [0.05, 0.1) is 19.1 Å². The topological polar surface area (TPSA) is 68.3 Å². The highest BCUT2D eigenvalue weighted by Gasteiger charge is 2.21. The summed E-state index contributed by atoms with van der Waals surface area (Å²) in [7, 11) is 0. The number of hydrogen-bond acceptors (Lipinski definition) is 4. The fraction of sp³-hybridized carbons (Fsp3) is 0.190. The molecule has 5 heteroatoms. The molecule has 132 valence electrons. The molecule has 3 aromatic rings. The fourth-order valence-electron chi connectivity index (χ4n) is 2.85. The van der Waals surface area contributed by atoms with Gasteiger partial charge in [-0.25, -0.2) is 0 Å². The number of nitrogens with zero attached hydrogens (tertiary/aromatic N) is 1. The van der Waals surface area contributed by atoms with Crippen molar-refractivity contribution in [3.63, 3.8) is 0 Å². The highest BCUT2D eigenvalue weighted by Crippen LogP contribution is 2.20. The van der Waals surface area contributed by atoms with Gasteiger partial charge in [-0.1, -0.05) is 54.6 Å². The summed E-state index contributed by atoms with van der Waals surface area (Å²) in [5.41, 5.74) is 1.18. The molecule has 1 N–H and O–H groups in total. The van der Waals surface area contributed by atoms with Crippen LogP contribution >= 0.6 is 0 Å². The third-order valence-electron chi connectivity index (χ3n) is 4.07. The van der Waals surface area contributed by atoms with E-state index in [9.17, 15) is 9.59 Å². The fourth-order valence-corrected chi connectivity index (χ4v) is 2.85. The molecule has 0 spiro atoms. The highest BCUT2D eigenvalue weighted by molar-refractivity contribution is 6.05. The second-order valence-electron chi connectivity index (χ2n) is 5.83. The zero-order valence-corrected chi connectivity index (χ0v) is 14.5. The van der Waals surface area contributed by atoms with Crippen molar-refractivity contribution in [1.29, 1.82) is 0 Å². The van der Waals surface area contributed by atoms with Crippen LogP contribution in [-0.4, -0.2) is 23.5 Å². The van der Waals surface area contributed by atoms with E-state index in [2.05, 4.69) is 10.3 Å². The normalized spacial score (nSPS) is 11.7. The number of carbonyl (C=O) groups excluding carboxylic acids is 2. The number of aromatic nitrogens is 1. The van der Waals surface area contributed by atoms with E-state index in [0.717, 1.165) is 16.3 Å². The summed E-state index contributed by atoms with van der Waals surface area (Å²) >= 11 is 0. The number of fused-ring (bicyclic) bond motifs is 1. The number of pyridine rings is 1. The predicted molar refractivity (Wildman–Crippen MR) is 99.6 cm³/mol. The Kier molecular flexibility index (Phi) is 5.59. The number of carbonyl (C=O) groups is 2. The van der Waals surface area contributed by atoms with Crippen LogP contribution < -0.4 is 5.32 Å². The summed E-state index contributed by atoms with van der Waals surface area (Å²) in [4.78, 5) is 29.1. The minimum Gasteiger partial charge on any atom is -0.466 e. The molecule has 0 saturated heterocycles. The Morgan fingerprint density at radius 3 is 2.54 bits per heavy atom. The van der Waals surface area contributed by atoms with Crippen molar-refractivity contribution in [1.82, 2.24) is 10.3 Å². The maximum atomic E-state index is 12.9.